The van der Waals surface area contributed by atoms with Crippen molar-refractivity contribution >= 4 is 21.4 Å². The Morgan fingerprint density at radius 3 is 2.52 bits per heavy atom. The third-order valence-electron chi connectivity index (χ3n) is 2.84. The molecule has 0 aromatic heterocycles. The van der Waals surface area contributed by atoms with Crippen molar-refractivity contribution in [1.82, 2.24) is 4.72 Å². The van der Waals surface area contributed by atoms with Crippen molar-refractivity contribution in [2.24, 2.45) is 5.92 Å². The highest BCUT2D eigenvalue weighted by Gasteiger charge is 2.20. The van der Waals surface area contributed by atoms with Crippen LogP contribution in [-0.4, -0.2) is 26.4 Å². The van der Waals surface area contributed by atoms with Crippen molar-refractivity contribution in [3.63, 3.8) is 0 Å². The molecule has 7 nitrogen and oxygen atoms in total. The van der Waals surface area contributed by atoms with Crippen molar-refractivity contribution < 1.29 is 13.3 Å². The lowest BCUT2D eigenvalue weighted by Crippen LogP contribution is -2.26. The molecule has 21 heavy (non-hydrogen) atoms. The van der Waals surface area contributed by atoms with Crippen molar-refractivity contribution in [3.8, 4) is 0 Å². The Morgan fingerprint density at radius 2 is 2.00 bits per heavy atom. The number of anilines is 1. The lowest BCUT2D eigenvalue weighted by molar-refractivity contribution is -0.384. The van der Waals surface area contributed by atoms with Crippen LogP contribution >= 0.6 is 0 Å². The topological polar surface area (TPSA) is 101 Å². The molecule has 0 saturated heterocycles. The molecule has 0 radical (unpaired) electrons. The number of nitrogens with zero attached hydrogens (tertiary/aromatic N) is 1. The maximum absolute atomic E-state index is 12.3. The van der Waals surface area contributed by atoms with E-state index in [1.54, 1.807) is 6.92 Å². The van der Waals surface area contributed by atoms with Gasteiger partial charge in [0, 0.05) is 25.2 Å². The molecule has 0 amide bonds. The number of rotatable bonds is 8. The van der Waals surface area contributed by atoms with E-state index in [4.69, 9.17) is 0 Å². The second-order valence-electron chi connectivity index (χ2n) is 5.05. The normalized spacial score (nSPS) is 11.6. The molecule has 0 atom stereocenters. The molecule has 1 aromatic carbocycles. The minimum Gasteiger partial charge on any atom is -0.384 e. The zero-order valence-corrected chi connectivity index (χ0v) is 13.2. The van der Waals surface area contributed by atoms with Gasteiger partial charge in [0.1, 0.15) is 4.90 Å². The molecule has 1 rings (SSSR count). The van der Waals surface area contributed by atoms with E-state index >= 15 is 0 Å². The van der Waals surface area contributed by atoms with E-state index in [2.05, 4.69) is 10.0 Å². The zero-order chi connectivity index (χ0) is 16.0. The van der Waals surface area contributed by atoms with Crippen LogP contribution in [0.2, 0.25) is 0 Å². The van der Waals surface area contributed by atoms with Gasteiger partial charge in [-0.3, -0.25) is 10.1 Å². The summed E-state index contributed by atoms with van der Waals surface area (Å²) in [4.78, 5) is 10.3. The lowest BCUT2D eigenvalue weighted by Gasteiger charge is -2.13. The molecule has 118 valence electrons. The predicted molar refractivity (Wildman–Crippen MR) is 81.9 cm³/mol. The number of nitro benzene ring substituents is 1. The second-order valence-corrected chi connectivity index (χ2v) is 6.78. The Hall–Kier alpha value is -1.67. The number of sulfonamides is 1. The van der Waals surface area contributed by atoms with E-state index in [9.17, 15) is 18.5 Å². The molecular formula is C13H21N3O4S. The highest BCUT2D eigenvalue weighted by molar-refractivity contribution is 7.89. The SMILES string of the molecule is CCNc1cc([N+](=O)[O-])ccc1S(=O)(=O)NCCC(C)C. The molecule has 0 bridgehead atoms. The van der Waals surface area contributed by atoms with Crippen LogP contribution in [0.15, 0.2) is 23.1 Å². The van der Waals surface area contributed by atoms with E-state index < -0.39 is 14.9 Å². The van der Waals surface area contributed by atoms with Gasteiger partial charge in [0.25, 0.3) is 5.69 Å². The number of hydrogen-bond acceptors (Lipinski definition) is 5. The molecule has 0 heterocycles. The van der Waals surface area contributed by atoms with Gasteiger partial charge in [-0.2, -0.15) is 0 Å². The summed E-state index contributed by atoms with van der Waals surface area (Å²) >= 11 is 0. The lowest BCUT2D eigenvalue weighted by atomic mass is 10.1. The standard InChI is InChI=1S/C13H21N3O4S/c1-4-14-12-9-11(16(17)18)5-6-13(12)21(19,20)15-8-7-10(2)3/h5-6,9-10,14-15H,4,7-8H2,1-3H3. The first-order valence-corrected chi connectivity index (χ1v) is 8.28. The molecule has 0 aliphatic heterocycles. The molecule has 0 unspecified atom stereocenters. The van der Waals surface area contributed by atoms with Crippen LogP contribution < -0.4 is 10.0 Å². The molecule has 0 fully saturated rings. The summed E-state index contributed by atoms with van der Waals surface area (Å²) in [6.07, 6.45) is 0.725. The van der Waals surface area contributed by atoms with E-state index in [1.165, 1.54) is 18.2 Å². The highest BCUT2D eigenvalue weighted by Crippen LogP contribution is 2.26. The smallest absolute Gasteiger partial charge is 0.271 e. The zero-order valence-electron chi connectivity index (χ0n) is 12.4. The van der Waals surface area contributed by atoms with Crippen LogP contribution in [0, 0.1) is 16.0 Å². The van der Waals surface area contributed by atoms with Gasteiger partial charge >= 0.3 is 0 Å². The molecule has 2 N–H and O–H groups in total. The van der Waals surface area contributed by atoms with Crippen LogP contribution in [0.25, 0.3) is 0 Å². The van der Waals surface area contributed by atoms with Crippen LogP contribution in [0.3, 0.4) is 0 Å². The summed E-state index contributed by atoms with van der Waals surface area (Å²) in [6.45, 7) is 6.61. The van der Waals surface area contributed by atoms with Crippen molar-refractivity contribution in [2.75, 3.05) is 18.4 Å². The van der Waals surface area contributed by atoms with Gasteiger partial charge in [0.05, 0.1) is 10.6 Å². The fourth-order valence-corrected chi connectivity index (χ4v) is 2.96. The van der Waals surface area contributed by atoms with Crippen LogP contribution in [-0.2, 0) is 10.0 Å². The summed E-state index contributed by atoms with van der Waals surface area (Å²) < 4.78 is 27.1. The van der Waals surface area contributed by atoms with E-state index in [1.807, 2.05) is 13.8 Å². The Balaban J connectivity index is 3.06. The van der Waals surface area contributed by atoms with Crippen molar-refractivity contribution in [3.05, 3.63) is 28.3 Å². The first-order chi connectivity index (χ1) is 9.77. The first kappa shape index (κ1) is 17.4. The number of nitrogens with one attached hydrogen (secondary N) is 2. The number of benzene rings is 1. The monoisotopic (exact) mass is 315 g/mol. The van der Waals surface area contributed by atoms with Gasteiger partial charge in [0.2, 0.25) is 10.0 Å². The Kier molecular flexibility index (Phi) is 6.10. The summed E-state index contributed by atoms with van der Waals surface area (Å²) in [5, 5.41) is 13.6. The Morgan fingerprint density at radius 1 is 1.33 bits per heavy atom. The average Bonchev–Trinajstić information content (AvgIpc) is 2.38. The van der Waals surface area contributed by atoms with Gasteiger partial charge in [-0.15, -0.1) is 0 Å². The minimum atomic E-state index is -3.69. The molecule has 1 aromatic rings. The summed E-state index contributed by atoms with van der Waals surface area (Å²) in [5.74, 6) is 0.387. The minimum absolute atomic E-state index is 0.0266. The Labute approximate surface area is 124 Å². The number of nitro groups is 1. The van der Waals surface area contributed by atoms with Crippen LogP contribution in [0.4, 0.5) is 11.4 Å². The van der Waals surface area contributed by atoms with Gasteiger partial charge in [-0.1, -0.05) is 13.8 Å². The van der Waals surface area contributed by atoms with Gasteiger partial charge in [-0.25, -0.2) is 13.1 Å². The van der Waals surface area contributed by atoms with Crippen LogP contribution in [0.1, 0.15) is 27.2 Å². The van der Waals surface area contributed by atoms with Crippen molar-refractivity contribution in [1.29, 1.82) is 0 Å². The maximum atomic E-state index is 12.3. The largest absolute Gasteiger partial charge is 0.384 e. The molecule has 0 spiro atoms. The fourth-order valence-electron chi connectivity index (χ4n) is 1.75. The highest BCUT2D eigenvalue weighted by atomic mass is 32.2. The molecular weight excluding hydrogens is 294 g/mol. The third kappa shape index (κ3) is 4.98. The molecule has 0 saturated carbocycles. The molecule has 0 aliphatic carbocycles. The first-order valence-electron chi connectivity index (χ1n) is 6.80. The number of hydrogen-bond donors (Lipinski definition) is 2. The second kappa shape index (κ2) is 7.37. The fraction of sp³-hybridized carbons (Fsp3) is 0.538. The third-order valence-corrected chi connectivity index (χ3v) is 4.36. The van der Waals surface area contributed by atoms with Crippen molar-refractivity contribution in [2.45, 2.75) is 32.1 Å². The quantitative estimate of drug-likeness (QED) is 0.566. The maximum Gasteiger partial charge on any atom is 0.271 e. The number of non-ortho nitro benzene ring substituents is 1. The molecule has 0 aliphatic rings. The van der Waals surface area contributed by atoms with E-state index in [-0.39, 0.29) is 16.3 Å². The van der Waals surface area contributed by atoms with E-state index in [0.29, 0.717) is 19.0 Å². The van der Waals surface area contributed by atoms with E-state index in [0.717, 1.165) is 6.42 Å². The van der Waals surface area contributed by atoms with Gasteiger partial charge < -0.3 is 5.32 Å². The van der Waals surface area contributed by atoms with Gasteiger partial charge in [-0.05, 0) is 25.3 Å². The Bertz CT molecular complexity index is 599. The predicted octanol–water partition coefficient (Wildman–Crippen LogP) is 2.35. The molecule has 8 heteroatoms. The summed E-state index contributed by atoms with van der Waals surface area (Å²) in [7, 11) is -3.69. The van der Waals surface area contributed by atoms with Crippen LogP contribution in [0.5, 0.6) is 0 Å². The average molecular weight is 315 g/mol. The summed E-state index contributed by atoms with van der Waals surface area (Å²) in [5.41, 5.74) is 0.0934. The summed E-state index contributed by atoms with van der Waals surface area (Å²) in [6, 6.07) is 3.69. The van der Waals surface area contributed by atoms with Gasteiger partial charge in [0.15, 0.2) is 0 Å².